The predicted octanol–water partition coefficient (Wildman–Crippen LogP) is 4.14. The lowest BCUT2D eigenvalue weighted by atomic mass is 9.67. The molecule has 4 rings (SSSR count). The van der Waals surface area contributed by atoms with Gasteiger partial charge >= 0.3 is 0 Å². The van der Waals surface area contributed by atoms with Crippen molar-refractivity contribution in [3.05, 3.63) is 71.3 Å². The smallest absolute Gasteiger partial charge is 0.169 e. The maximum Gasteiger partial charge on any atom is 0.169 e. The van der Waals surface area contributed by atoms with E-state index in [2.05, 4.69) is 24.3 Å². The summed E-state index contributed by atoms with van der Waals surface area (Å²) in [7, 11) is 0. The van der Waals surface area contributed by atoms with E-state index in [1.807, 2.05) is 30.3 Å². The van der Waals surface area contributed by atoms with Gasteiger partial charge in [0.2, 0.25) is 0 Å². The Bertz CT molecular complexity index is 684. The van der Waals surface area contributed by atoms with E-state index < -0.39 is 5.60 Å². The van der Waals surface area contributed by atoms with Crippen LogP contribution in [0.2, 0.25) is 0 Å². The summed E-state index contributed by atoms with van der Waals surface area (Å²) in [5, 5.41) is 0. The van der Waals surface area contributed by atoms with Crippen LogP contribution in [0.5, 0.6) is 0 Å². The molecular weight excluding hydrogens is 272 g/mol. The zero-order valence-corrected chi connectivity index (χ0v) is 12.6. The maximum atomic E-state index is 13.1. The number of carbonyl (C=O) groups is 1. The van der Waals surface area contributed by atoms with Gasteiger partial charge in [-0.05, 0) is 36.8 Å². The highest BCUT2D eigenvalue weighted by Gasteiger charge is 2.50. The molecule has 0 radical (unpaired) electrons. The van der Waals surface area contributed by atoms with Crippen molar-refractivity contribution in [3.63, 3.8) is 0 Å². The molecule has 2 aromatic rings. The molecule has 2 nitrogen and oxygen atoms in total. The van der Waals surface area contributed by atoms with Crippen LogP contribution < -0.4 is 0 Å². The molecule has 0 saturated carbocycles. The van der Waals surface area contributed by atoms with Crippen LogP contribution in [0.4, 0.5) is 0 Å². The van der Waals surface area contributed by atoms with Crippen molar-refractivity contribution in [1.82, 2.24) is 0 Å². The molecule has 0 N–H and O–H groups in total. The van der Waals surface area contributed by atoms with Crippen molar-refractivity contribution < 1.29 is 9.53 Å². The van der Waals surface area contributed by atoms with Crippen LogP contribution in [0.3, 0.4) is 0 Å². The van der Waals surface area contributed by atoms with Crippen LogP contribution in [0.15, 0.2) is 54.6 Å². The average Bonchev–Trinajstić information content (AvgIpc) is 3.06. The third kappa shape index (κ3) is 2.02. The van der Waals surface area contributed by atoms with Crippen molar-refractivity contribution in [2.24, 2.45) is 5.92 Å². The molecule has 0 bridgehead atoms. The van der Waals surface area contributed by atoms with E-state index in [0.29, 0.717) is 0 Å². The van der Waals surface area contributed by atoms with Gasteiger partial charge in [-0.2, -0.15) is 0 Å². The van der Waals surface area contributed by atoms with E-state index in [4.69, 9.17) is 4.74 Å². The first-order valence-electron chi connectivity index (χ1n) is 8.13. The highest BCUT2D eigenvalue weighted by atomic mass is 16.5. The van der Waals surface area contributed by atoms with E-state index in [1.54, 1.807) is 0 Å². The van der Waals surface area contributed by atoms with Crippen molar-refractivity contribution in [2.75, 3.05) is 6.61 Å². The van der Waals surface area contributed by atoms with Crippen LogP contribution in [-0.4, -0.2) is 12.4 Å². The second-order valence-corrected chi connectivity index (χ2v) is 6.32. The first-order chi connectivity index (χ1) is 10.8. The van der Waals surface area contributed by atoms with Crippen LogP contribution >= 0.6 is 0 Å². The molecule has 2 aromatic carbocycles. The number of ether oxygens (including phenoxy) is 1. The Labute approximate surface area is 131 Å². The lowest BCUT2D eigenvalue weighted by Gasteiger charge is -2.41. The number of hydrogen-bond acceptors (Lipinski definition) is 2. The quantitative estimate of drug-likeness (QED) is 0.778. The zero-order valence-electron chi connectivity index (χ0n) is 12.6. The molecule has 1 aliphatic carbocycles. The second-order valence-electron chi connectivity index (χ2n) is 6.32. The minimum atomic E-state index is -0.401. The van der Waals surface area contributed by atoms with E-state index in [0.717, 1.165) is 37.9 Å². The monoisotopic (exact) mass is 292 g/mol. The van der Waals surface area contributed by atoms with Crippen LogP contribution in [0.1, 0.15) is 40.7 Å². The topological polar surface area (TPSA) is 26.3 Å². The van der Waals surface area contributed by atoms with Gasteiger partial charge in [0.15, 0.2) is 5.78 Å². The molecule has 2 unspecified atom stereocenters. The number of rotatable bonds is 2. The van der Waals surface area contributed by atoms with Gasteiger partial charge in [-0.1, -0.05) is 54.6 Å². The zero-order chi connectivity index (χ0) is 15.0. The second kappa shape index (κ2) is 5.36. The summed E-state index contributed by atoms with van der Waals surface area (Å²) in [5.74, 6) is 0.171. The molecule has 0 amide bonds. The maximum absolute atomic E-state index is 13.1. The van der Waals surface area contributed by atoms with Crippen LogP contribution in [-0.2, 0) is 16.8 Å². The number of aryl methyl sites for hydroxylation is 1. The van der Waals surface area contributed by atoms with E-state index in [-0.39, 0.29) is 11.7 Å². The van der Waals surface area contributed by atoms with Gasteiger partial charge in [-0.3, -0.25) is 4.79 Å². The standard InChI is InChI=1S/C20H20O2/c21-19(16-8-2-1-3-9-16)18-12-11-15-7-4-5-10-17(15)20(18)13-6-14-22-20/h1-5,7-10,18H,6,11-14H2. The summed E-state index contributed by atoms with van der Waals surface area (Å²) in [6.07, 6.45) is 3.83. The van der Waals surface area contributed by atoms with Crippen molar-refractivity contribution in [2.45, 2.75) is 31.3 Å². The SMILES string of the molecule is O=C(c1ccccc1)C1CCc2ccccc2C12CCCO2. The first-order valence-corrected chi connectivity index (χ1v) is 8.13. The fourth-order valence-corrected chi connectivity index (χ4v) is 4.17. The van der Waals surface area contributed by atoms with E-state index in [1.165, 1.54) is 11.1 Å². The molecule has 0 aromatic heterocycles. The molecule has 1 heterocycles. The fourth-order valence-electron chi connectivity index (χ4n) is 4.17. The van der Waals surface area contributed by atoms with Gasteiger partial charge < -0.3 is 4.74 Å². The lowest BCUT2D eigenvalue weighted by molar-refractivity contribution is -0.0477. The van der Waals surface area contributed by atoms with Crippen LogP contribution in [0.25, 0.3) is 0 Å². The Morgan fingerprint density at radius 3 is 2.59 bits per heavy atom. The minimum absolute atomic E-state index is 0.0627. The number of hydrogen-bond donors (Lipinski definition) is 0. The van der Waals surface area contributed by atoms with Crippen molar-refractivity contribution in [1.29, 1.82) is 0 Å². The fraction of sp³-hybridized carbons (Fsp3) is 0.350. The van der Waals surface area contributed by atoms with Gasteiger partial charge in [0, 0.05) is 12.2 Å². The Balaban J connectivity index is 1.79. The number of ketones is 1. The summed E-state index contributed by atoms with van der Waals surface area (Å²) in [4.78, 5) is 13.1. The van der Waals surface area contributed by atoms with Gasteiger partial charge in [0.1, 0.15) is 5.60 Å². The Kier molecular flexibility index (Phi) is 3.34. The van der Waals surface area contributed by atoms with Crippen molar-refractivity contribution in [3.8, 4) is 0 Å². The van der Waals surface area contributed by atoms with Gasteiger partial charge in [0.05, 0.1) is 5.92 Å². The molecule has 112 valence electrons. The molecule has 2 heteroatoms. The van der Waals surface area contributed by atoms with E-state index in [9.17, 15) is 4.79 Å². The average molecular weight is 292 g/mol. The molecule has 1 spiro atoms. The number of carbonyl (C=O) groups excluding carboxylic acids is 1. The third-order valence-electron chi connectivity index (χ3n) is 5.17. The van der Waals surface area contributed by atoms with Crippen LogP contribution in [0, 0.1) is 5.92 Å². The predicted molar refractivity (Wildman–Crippen MR) is 85.9 cm³/mol. The molecular formula is C20H20O2. The highest BCUT2D eigenvalue weighted by molar-refractivity contribution is 5.99. The Morgan fingerprint density at radius 2 is 1.82 bits per heavy atom. The molecule has 22 heavy (non-hydrogen) atoms. The number of Topliss-reactive ketones (excluding diaryl/α,β-unsaturated/α-hetero) is 1. The van der Waals surface area contributed by atoms with Gasteiger partial charge in [-0.15, -0.1) is 0 Å². The van der Waals surface area contributed by atoms with Gasteiger partial charge in [0.25, 0.3) is 0 Å². The summed E-state index contributed by atoms with van der Waals surface area (Å²) in [6.45, 7) is 0.757. The van der Waals surface area contributed by atoms with E-state index >= 15 is 0 Å². The Hall–Kier alpha value is -1.93. The van der Waals surface area contributed by atoms with Crippen molar-refractivity contribution >= 4 is 5.78 Å². The number of fused-ring (bicyclic) bond motifs is 2. The number of benzene rings is 2. The normalized spacial score (nSPS) is 26.8. The van der Waals surface area contributed by atoms with Gasteiger partial charge in [-0.25, -0.2) is 0 Å². The minimum Gasteiger partial charge on any atom is -0.370 e. The largest absolute Gasteiger partial charge is 0.370 e. The summed E-state index contributed by atoms with van der Waals surface area (Å²) in [6, 6.07) is 18.2. The summed E-state index contributed by atoms with van der Waals surface area (Å²) < 4.78 is 6.24. The summed E-state index contributed by atoms with van der Waals surface area (Å²) >= 11 is 0. The third-order valence-corrected chi connectivity index (χ3v) is 5.17. The first kappa shape index (κ1) is 13.7. The lowest BCUT2D eigenvalue weighted by Crippen LogP contribution is -2.43. The highest BCUT2D eigenvalue weighted by Crippen LogP contribution is 2.49. The molecule has 2 atom stereocenters. The summed E-state index contributed by atoms with van der Waals surface area (Å²) in [5.41, 5.74) is 3.00. The Morgan fingerprint density at radius 1 is 1.05 bits per heavy atom. The molecule has 1 aliphatic heterocycles. The molecule has 1 fully saturated rings. The molecule has 1 saturated heterocycles. The molecule has 2 aliphatic rings.